The summed E-state index contributed by atoms with van der Waals surface area (Å²) in [6.45, 7) is 8.95. The first-order valence-electron chi connectivity index (χ1n) is 5.66. The number of piperidine rings is 2. The highest BCUT2D eigenvalue weighted by molar-refractivity contribution is 4.98. The highest BCUT2D eigenvalue weighted by atomic mass is 16.3. The van der Waals surface area contributed by atoms with Crippen molar-refractivity contribution in [2.24, 2.45) is 10.8 Å². The van der Waals surface area contributed by atoms with Crippen LogP contribution in [0.4, 0.5) is 0 Å². The molecule has 0 saturated carbocycles. The van der Waals surface area contributed by atoms with Crippen molar-refractivity contribution in [2.45, 2.75) is 20.0 Å². The van der Waals surface area contributed by atoms with Crippen LogP contribution in [0.15, 0.2) is 0 Å². The number of aliphatic hydroxyl groups excluding tert-OH is 1. The third-order valence-electron chi connectivity index (χ3n) is 4.14. The zero-order valence-electron chi connectivity index (χ0n) is 9.85. The van der Waals surface area contributed by atoms with Crippen molar-refractivity contribution >= 4 is 0 Å². The van der Waals surface area contributed by atoms with Crippen LogP contribution in [-0.2, 0) is 0 Å². The number of aliphatic hydroxyl groups is 1. The molecule has 0 unspecified atom stereocenters. The molecular formula is C11H24N2O+2. The Bertz CT molecular complexity index is 205. The molecule has 2 saturated heterocycles. The monoisotopic (exact) mass is 200 g/mol. The highest BCUT2D eigenvalue weighted by Gasteiger charge is 2.59. The van der Waals surface area contributed by atoms with Gasteiger partial charge in [0.15, 0.2) is 0 Å². The predicted molar refractivity (Wildman–Crippen MR) is 55.5 cm³/mol. The fourth-order valence-corrected chi connectivity index (χ4v) is 4.24. The van der Waals surface area contributed by atoms with Crippen molar-refractivity contribution in [3.63, 3.8) is 0 Å². The van der Waals surface area contributed by atoms with Crippen molar-refractivity contribution in [1.82, 2.24) is 0 Å². The molecule has 3 N–H and O–H groups in total. The van der Waals surface area contributed by atoms with E-state index < -0.39 is 0 Å². The van der Waals surface area contributed by atoms with Gasteiger partial charge in [-0.2, -0.15) is 0 Å². The number of rotatable bonds is 0. The fraction of sp³-hybridized carbons (Fsp3) is 1.00. The third-order valence-corrected chi connectivity index (χ3v) is 4.14. The van der Waals surface area contributed by atoms with Crippen LogP contribution in [0.2, 0.25) is 0 Å². The van der Waals surface area contributed by atoms with Gasteiger partial charge in [-0.15, -0.1) is 0 Å². The number of quaternary nitrogens is 2. The van der Waals surface area contributed by atoms with E-state index in [2.05, 4.69) is 27.9 Å². The van der Waals surface area contributed by atoms with Crippen LogP contribution in [0.3, 0.4) is 0 Å². The van der Waals surface area contributed by atoms with Gasteiger partial charge in [-0.25, -0.2) is 0 Å². The molecule has 3 nitrogen and oxygen atoms in total. The Kier molecular flexibility index (Phi) is 2.18. The lowest BCUT2D eigenvalue weighted by Gasteiger charge is -2.54. The summed E-state index contributed by atoms with van der Waals surface area (Å²) in [6, 6.07) is 0. The molecule has 2 rings (SSSR count). The van der Waals surface area contributed by atoms with E-state index >= 15 is 0 Å². The van der Waals surface area contributed by atoms with Crippen molar-refractivity contribution in [1.29, 1.82) is 0 Å². The molecule has 2 aliphatic heterocycles. The molecule has 0 atom stereocenters. The quantitative estimate of drug-likeness (QED) is 0.394. The summed E-state index contributed by atoms with van der Waals surface area (Å²) in [4.78, 5) is 3.15. The summed E-state index contributed by atoms with van der Waals surface area (Å²) in [5.41, 5.74) is 0.249. The molecular weight excluding hydrogens is 176 g/mol. The standard InChI is InChI=1S/C11H22N2O/c1-10-5-12(3)7-11(2,9(10)14)8-13(4)6-10/h9,14H,5-8H2,1-4H3/p+2. The van der Waals surface area contributed by atoms with E-state index in [-0.39, 0.29) is 16.9 Å². The summed E-state index contributed by atoms with van der Waals surface area (Å²) < 4.78 is 0. The Morgan fingerprint density at radius 1 is 0.929 bits per heavy atom. The molecule has 14 heavy (non-hydrogen) atoms. The number of likely N-dealkylation sites (tertiary alicyclic amines) is 2. The van der Waals surface area contributed by atoms with E-state index in [0.717, 1.165) is 26.2 Å². The third kappa shape index (κ3) is 1.38. The van der Waals surface area contributed by atoms with Crippen molar-refractivity contribution in [2.75, 3.05) is 40.3 Å². The summed E-state index contributed by atoms with van der Waals surface area (Å²) in [5, 5.41) is 10.4. The molecule has 2 aliphatic rings. The fourth-order valence-electron chi connectivity index (χ4n) is 4.24. The first kappa shape index (κ1) is 10.4. The zero-order chi connectivity index (χ0) is 10.6. The van der Waals surface area contributed by atoms with Crippen LogP contribution < -0.4 is 9.80 Å². The van der Waals surface area contributed by atoms with Gasteiger partial charge in [0, 0.05) is 0 Å². The topological polar surface area (TPSA) is 29.1 Å². The average Bonchev–Trinajstić information content (AvgIpc) is 1.95. The Morgan fingerprint density at radius 3 is 1.50 bits per heavy atom. The smallest absolute Gasteiger partial charge is 0.0922 e. The summed E-state index contributed by atoms with van der Waals surface area (Å²) in [7, 11) is 4.51. The van der Waals surface area contributed by atoms with Gasteiger partial charge < -0.3 is 14.9 Å². The number of hydrogen-bond donors (Lipinski definition) is 3. The summed E-state index contributed by atoms with van der Waals surface area (Å²) in [5.74, 6) is 0. The number of fused-ring (bicyclic) bond motifs is 2. The molecule has 2 fully saturated rings. The van der Waals surface area contributed by atoms with E-state index in [1.54, 1.807) is 9.80 Å². The molecule has 0 aliphatic carbocycles. The summed E-state index contributed by atoms with van der Waals surface area (Å²) >= 11 is 0. The molecule has 0 aromatic rings. The molecule has 0 radical (unpaired) electrons. The van der Waals surface area contributed by atoms with Crippen LogP contribution in [0.5, 0.6) is 0 Å². The van der Waals surface area contributed by atoms with Gasteiger partial charge in [0.2, 0.25) is 0 Å². The molecule has 0 aromatic heterocycles. The van der Waals surface area contributed by atoms with E-state index in [9.17, 15) is 5.11 Å². The lowest BCUT2D eigenvalue weighted by atomic mass is 9.63. The molecule has 0 spiro atoms. The van der Waals surface area contributed by atoms with Gasteiger partial charge >= 0.3 is 0 Å². The second kappa shape index (κ2) is 2.94. The SMILES string of the molecule is C[NH+]1CC2(C)C[NH+](C)CC(C)(C1)C2O. The molecule has 2 bridgehead atoms. The Labute approximate surface area is 86.7 Å². The second-order valence-electron chi connectivity index (χ2n) is 6.33. The molecule has 0 aromatic carbocycles. The summed E-state index contributed by atoms with van der Waals surface area (Å²) in [6.07, 6.45) is -0.109. The maximum absolute atomic E-state index is 10.4. The van der Waals surface area contributed by atoms with E-state index in [4.69, 9.17) is 0 Å². The minimum absolute atomic E-state index is 0.109. The minimum atomic E-state index is -0.109. The predicted octanol–water partition coefficient (Wildman–Crippen LogP) is -2.58. The normalized spacial score (nSPS) is 58.5. The Hall–Kier alpha value is -0.120. The maximum Gasteiger partial charge on any atom is 0.0922 e. The molecule has 2 heterocycles. The lowest BCUT2D eigenvalue weighted by Crippen LogP contribution is -3.23. The van der Waals surface area contributed by atoms with Gasteiger partial charge in [-0.3, -0.25) is 0 Å². The first-order valence-corrected chi connectivity index (χ1v) is 5.66. The van der Waals surface area contributed by atoms with Crippen molar-refractivity contribution < 1.29 is 14.9 Å². The lowest BCUT2D eigenvalue weighted by molar-refractivity contribution is -0.958. The van der Waals surface area contributed by atoms with Gasteiger partial charge in [0.1, 0.15) is 0 Å². The number of hydrogen-bond acceptors (Lipinski definition) is 1. The van der Waals surface area contributed by atoms with Crippen LogP contribution in [0, 0.1) is 10.8 Å². The van der Waals surface area contributed by atoms with Gasteiger partial charge in [0.25, 0.3) is 0 Å². The first-order chi connectivity index (χ1) is 6.36. The largest absolute Gasteiger partial charge is 0.391 e. The molecule has 3 heteroatoms. The van der Waals surface area contributed by atoms with Gasteiger partial charge in [-0.05, 0) is 13.8 Å². The van der Waals surface area contributed by atoms with Gasteiger partial charge in [0.05, 0.1) is 57.2 Å². The highest BCUT2D eigenvalue weighted by Crippen LogP contribution is 2.36. The second-order valence-corrected chi connectivity index (χ2v) is 6.33. The van der Waals surface area contributed by atoms with Gasteiger partial charge in [-0.1, -0.05) is 0 Å². The van der Waals surface area contributed by atoms with Crippen LogP contribution in [-0.4, -0.2) is 51.5 Å². The zero-order valence-corrected chi connectivity index (χ0v) is 9.85. The van der Waals surface area contributed by atoms with Crippen LogP contribution in [0.1, 0.15) is 13.8 Å². The van der Waals surface area contributed by atoms with Crippen LogP contribution in [0.25, 0.3) is 0 Å². The Morgan fingerprint density at radius 2 is 1.21 bits per heavy atom. The van der Waals surface area contributed by atoms with E-state index in [0.29, 0.717) is 0 Å². The average molecular weight is 200 g/mol. The van der Waals surface area contributed by atoms with E-state index in [1.165, 1.54) is 0 Å². The van der Waals surface area contributed by atoms with Crippen molar-refractivity contribution in [3.8, 4) is 0 Å². The molecule has 0 amide bonds. The van der Waals surface area contributed by atoms with E-state index in [1.807, 2.05) is 0 Å². The molecule has 82 valence electrons. The van der Waals surface area contributed by atoms with Crippen molar-refractivity contribution in [3.05, 3.63) is 0 Å². The maximum atomic E-state index is 10.4. The number of nitrogens with one attached hydrogen (secondary N) is 2. The minimum Gasteiger partial charge on any atom is -0.391 e. The Balaban J connectivity index is 2.32. The van der Waals surface area contributed by atoms with Crippen LogP contribution >= 0.6 is 0 Å².